The normalized spacial score (nSPS) is 13.4. The van der Waals surface area contributed by atoms with Gasteiger partial charge in [0.2, 0.25) is 0 Å². The monoisotopic (exact) mass is 377 g/mol. The van der Waals surface area contributed by atoms with E-state index in [0.717, 1.165) is 12.8 Å². The average molecular weight is 378 g/mol. The summed E-state index contributed by atoms with van der Waals surface area (Å²) in [5.74, 6) is 0. The first-order chi connectivity index (χ1) is 13.1. The molecule has 2 heteroatoms. The van der Waals surface area contributed by atoms with E-state index in [1.165, 1.54) is 32.3 Å². The molecule has 142 valence electrons. The van der Waals surface area contributed by atoms with Gasteiger partial charge in [0.05, 0.1) is 0 Å². The molecule has 0 saturated heterocycles. The third-order valence-electron chi connectivity index (χ3n) is 4.43. The second kappa shape index (κ2) is 10.7. The molecule has 1 aromatic carbocycles. The first kappa shape index (κ1) is 21.0. The number of benzene rings is 1. The molecule has 0 unspecified atom stereocenters. The zero-order valence-corrected chi connectivity index (χ0v) is 18.0. The Balaban J connectivity index is 2.29. The predicted molar refractivity (Wildman–Crippen MR) is 124 cm³/mol. The van der Waals surface area contributed by atoms with Crippen molar-refractivity contribution in [1.82, 2.24) is 0 Å². The third kappa shape index (κ3) is 5.83. The summed E-state index contributed by atoms with van der Waals surface area (Å²) in [7, 11) is 2.13. The van der Waals surface area contributed by atoms with Gasteiger partial charge in [0.1, 0.15) is 0 Å². The molecule has 0 aliphatic heterocycles. The number of anilines is 1. The lowest BCUT2D eigenvalue weighted by Gasteiger charge is -2.21. The maximum absolute atomic E-state index is 2.29. The van der Waals surface area contributed by atoms with E-state index in [0.29, 0.717) is 0 Å². The van der Waals surface area contributed by atoms with Gasteiger partial charge in [-0.3, -0.25) is 0 Å². The van der Waals surface area contributed by atoms with Gasteiger partial charge in [0, 0.05) is 28.2 Å². The number of allylic oxidation sites excluding steroid dienone is 7. The fourth-order valence-electron chi connectivity index (χ4n) is 2.87. The number of para-hydroxylation sites is 1. The molecule has 0 radical (unpaired) electrons. The summed E-state index contributed by atoms with van der Waals surface area (Å²) in [6, 6.07) is 15.0. The van der Waals surface area contributed by atoms with Crippen LogP contribution < -0.4 is 4.90 Å². The molecule has 0 fully saturated rings. The second-order valence-corrected chi connectivity index (χ2v) is 7.56. The third-order valence-corrected chi connectivity index (χ3v) is 5.70. The van der Waals surface area contributed by atoms with Crippen LogP contribution >= 0.6 is 11.3 Å². The van der Waals surface area contributed by atoms with Crippen molar-refractivity contribution >= 4 is 28.2 Å². The Morgan fingerprint density at radius 2 is 1.70 bits per heavy atom. The highest BCUT2D eigenvalue weighted by Gasteiger charge is 2.08. The van der Waals surface area contributed by atoms with E-state index in [-0.39, 0.29) is 0 Å². The molecule has 27 heavy (non-hydrogen) atoms. The van der Waals surface area contributed by atoms with Crippen LogP contribution in [0.4, 0.5) is 5.69 Å². The minimum Gasteiger partial charge on any atom is -0.345 e. The lowest BCUT2D eigenvalue weighted by Crippen LogP contribution is -2.15. The van der Waals surface area contributed by atoms with Gasteiger partial charge in [-0.1, -0.05) is 56.4 Å². The van der Waals surface area contributed by atoms with Crippen LogP contribution in [0.5, 0.6) is 0 Å². The van der Waals surface area contributed by atoms with Gasteiger partial charge in [-0.05, 0) is 68.2 Å². The van der Waals surface area contributed by atoms with Crippen LogP contribution in [0.2, 0.25) is 0 Å². The van der Waals surface area contributed by atoms with Gasteiger partial charge in [-0.2, -0.15) is 0 Å². The van der Waals surface area contributed by atoms with Crippen LogP contribution in [0, 0.1) is 0 Å². The van der Waals surface area contributed by atoms with Gasteiger partial charge in [0.15, 0.2) is 0 Å². The number of nitrogens with zero attached hydrogens (tertiary/aromatic N) is 1. The molecule has 0 atom stereocenters. The molecule has 2 aromatic rings. The smallest absolute Gasteiger partial charge is 0.0407 e. The predicted octanol–water partition coefficient (Wildman–Crippen LogP) is 7.95. The standard InChI is InChI=1S/C25H31NS/c1-6-9-14-21(8-3)25-18-17-24(27-25)20(4)19-23(13-7-2)26(5)22-15-11-10-12-16-22/h8-19H,6-7H2,1-5H3/b14-9-,20-19+,21-8+,23-13+. The highest BCUT2D eigenvalue weighted by molar-refractivity contribution is 7.14. The zero-order chi connectivity index (χ0) is 19.6. The average Bonchev–Trinajstić information content (AvgIpc) is 3.18. The van der Waals surface area contributed by atoms with Crippen LogP contribution in [0.25, 0.3) is 11.1 Å². The Labute approximate surface area is 169 Å². The van der Waals surface area contributed by atoms with E-state index in [1.807, 2.05) is 11.3 Å². The van der Waals surface area contributed by atoms with Crippen LogP contribution in [0.15, 0.2) is 78.5 Å². The van der Waals surface area contributed by atoms with Crippen molar-refractivity contribution in [2.24, 2.45) is 0 Å². The molecular weight excluding hydrogens is 346 g/mol. The number of likely N-dealkylation sites (N-methyl/N-ethyl adjacent to an activating group) is 1. The molecule has 0 amide bonds. The molecule has 1 heterocycles. The Morgan fingerprint density at radius 1 is 1.00 bits per heavy atom. The van der Waals surface area contributed by atoms with Crippen LogP contribution in [-0.2, 0) is 0 Å². The van der Waals surface area contributed by atoms with E-state index in [2.05, 4.69) is 112 Å². The maximum atomic E-state index is 2.29. The van der Waals surface area contributed by atoms with Crippen molar-refractivity contribution in [3.63, 3.8) is 0 Å². The first-order valence-electron chi connectivity index (χ1n) is 9.71. The number of hydrogen-bond donors (Lipinski definition) is 0. The fourth-order valence-corrected chi connectivity index (χ4v) is 3.90. The molecule has 0 saturated carbocycles. The number of hydrogen-bond acceptors (Lipinski definition) is 2. The summed E-state index contributed by atoms with van der Waals surface area (Å²) in [6.45, 7) is 8.66. The quantitative estimate of drug-likeness (QED) is 0.422. The van der Waals surface area contributed by atoms with E-state index < -0.39 is 0 Å². The van der Waals surface area contributed by atoms with Gasteiger partial charge < -0.3 is 4.90 Å². The number of thiophene rings is 1. The van der Waals surface area contributed by atoms with Crippen molar-refractivity contribution in [3.8, 4) is 0 Å². The Bertz CT molecular complexity index is 834. The lowest BCUT2D eigenvalue weighted by molar-refractivity contribution is 1.09. The molecule has 0 bridgehead atoms. The van der Waals surface area contributed by atoms with Crippen molar-refractivity contribution in [2.75, 3.05) is 11.9 Å². The van der Waals surface area contributed by atoms with Crippen LogP contribution in [0.3, 0.4) is 0 Å². The van der Waals surface area contributed by atoms with Gasteiger partial charge in [-0.25, -0.2) is 0 Å². The van der Waals surface area contributed by atoms with Gasteiger partial charge in [0.25, 0.3) is 0 Å². The van der Waals surface area contributed by atoms with E-state index in [4.69, 9.17) is 0 Å². The van der Waals surface area contributed by atoms with E-state index in [9.17, 15) is 0 Å². The van der Waals surface area contributed by atoms with Crippen molar-refractivity contribution < 1.29 is 0 Å². The van der Waals surface area contributed by atoms with Crippen LogP contribution in [-0.4, -0.2) is 7.05 Å². The number of rotatable bonds is 8. The minimum absolute atomic E-state index is 1.01. The maximum Gasteiger partial charge on any atom is 0.0407 e. The molecule has 1 nitrogen and oxygen atoms in total. The van der Waals surface area contributed by atoms with Crippen molar-refractivity contribution in [1.29, 1.82) is 0 Å². The summed E-state index contributed by atoms with van der Waals surface area (Å²) in [5.41, 5.74) is 5.03. The molecule has 0 spiro atoms. The first-order valence-corrected chi connectivity index (χ1v) is 10.5. The molecule has 0 aliphatic rings. The zero-order valence-electron chi connectivity index (χ0n) is 17.2. The fraction of sp³-hybridized carbons (Fsp3) is 0.280. The Kier molecular flexibility index (Phi) is 8.35. The highest BCUT2D eigenvalue weighted by Crippen LogP contribution is 2.31. The van der Waals surface area contributed by atoms with Crippen molar-refractivity contribution in [2.45, 2.75) is 40.5 Å². The summed E-state index contributed by atoms with van der Waals surface area (Å²) in [6.07, 6.45) is 13.3. The molecule has 0 N–H and O–H groups in total. The highest BCUT2D eigenvalue weighted by atomic mass is 32.1. The molecule has 0 aliphatic carbocycles. The molecule has 2 rings (SSSR count). The largest absolute Gasteiger partial charge is 0.345 e. The van der Waals surface area contributed by atoms with E-state index in [1.54, 1.807) is 0 Å². The summed E-state index contributed by atoms with van der Waals surface area (Å²) in [5, 5.41) is 0. The molecule has 1 aromatic heterocycles. The SMILES string of the molecule is C/C=C(\C=C/CC)c1ccc(/C(C)=C/C(=C\CC)N(C)c2ccccc2)s1. The summed E-state index contributed by atoms with van der Waals surface area (Å²) in [4.78, 5) is 4.89. The Morgan fingerprint density at radius 3 is 2.33 bits per heavy atom. The topological polar surface area (TPSA) is 3.24 Å². The summed E-state index contributed by atoms with van der Waals surface area (Å²) < 4.78 is 0. The van der Waals surface area contributed by atoms with Gasteiger partial charge >= 0.3 is 0 Å². The molecular formula is C25H31NS. The summed E-state index contributed by atoms with van der Waals surface area (Å²) >= 11 is 1.86. The minimum atomic E-state index is 1.01. The van der Waals surface area contributed by atoms with Crippen molar-refractivity contribution in [3.05, 3.63) is 88.3 Å². The lowest BCUT2D eigenvalue weighted by atomic mass is 10.1. The van der Waals surface area contributed by atoms with E-state index >= 15 is 0 Å². The van der Waals surface area contributed by atoms with Crippen LogP contribution in [0.1, 0.15) is 50.3 Å². The second-order valence-electron chi connectivity index (χ2n) is 6.48. The Hall–Kier alpha value is -2.32. The van der Waals surface area contributed by atoms with Gasteiger partial charge in [-0.15, -0.1) is 11.3 Å².